The molecule has 8 heteroatoms. The fourth-order valence-corrected chi connectivity index (χ4v) is 3.71. The Morgan fingerprint density at radius 3 is 2.53 bits per heavy atom. The maximum absolute atomic E-state index is 12.4. The van der Waals surface area contributed by atoms with Crippen molar-refractivity contribution in [1.82, 2.24) is 5.16 Å². The van der Waals surface area contributed by atoms with Gasteiger partial charge in [0.05, 0.1) is 6.61 Å². The van der Waals surface area contributed by atoms with E-state index in [1.165, 1.54) is 37.5 Å². The second kappa shape index (κ2) is 9.66. The molecule has 1 aromatic carbocycles. The fraction of sp³-hybridized carbons (Fsp3) is 0.500. The molecule has 2 aliphatic carbocycles. The number of para-hydroxylation sites is 1. The summed E-state index contributed by atoms with van der Waals surface area (Å²) in [6.45, 7) is 3.42. The number of benzene rings is 1. The van der Waals surface area contributed by atoms with Gasteiger partial charge in [-0.05, 0) is 50.2 Å². The Balaban J connectivity index is 0.000000239. The third-order valence-corrected chi connectivity index (χ3v) is 5.38. The van der Waals surface area contributed by atoms with Gasteiger partial charge in [0.15, 0.2) is 0 Å². The highest BCUT2D eigenvalue weighted by atomic mass is 19.4. The highest BCUT2D eigenvalue weighted by molar-refractivity contribution is 5.70. The van der Waals surface area contributed by atoms with Crippen LogP contribution in [-0.4, -0.2) is 22.7 Å². The Hall–Kier alpha value is -2.32. The van der Waals surface area contributed by atoms with Crippen LogP contribution in [0.3, 0.4) is 0 Å². The SMILES string of the molecule is C=CC1CCC[C@@H](N)C1.OCc1c(-c2ccccc2OC(F)(F)F)noc1C1CC1. The van der Waals surface area contributed by atoms with Gasteiger partial charge in [-0.2, -0.15) is 0 Å². The van der Waals surface area contributed by atoms with Crippen molar-refractivity contribution < 1.29 is 27.5 Å². The van der Waals surface area contributed by atoms with Gasteiger partial charge in [0.25, 0.3) is 0 Å². The van der Waals surface area contributed by atoms with Gasteiger partial charge in [-0.25, -0.2) is 0 Å². The van der Waals surface area contributed by atoms with Crippen molar-refractivity contribution in [1.29, 1.82) is 0 Å². The average Bonchev–Trinajstić information content (AvgIpc) is 3.46. The summed E-state index contributed by atoms with van der Waals surface area (Å²) >= 11 is 0. The normalized spacial score (nSPS) is 21.5. The number of aliphatic hydroxyl groups is 1. The van der Waals surface area contributed by atoms with Crippen LogP contribution < -0.4 is 10.5 Å². The number of alkyl halides is 3. The lowest BCUT2D eigenvalue weighted by molar-refractivity contribution is -0.274. The number of hydrogen-bond donors (Lipinski definition) is 2. The number of nitrogens with zero attached hydrogens (tertiary/aromatic N) is 1. The minimum absolute atomic E-state index is 0.148. The van der Waals surface area contributed by atoms with Crippen LogP contribution in [0.5, 0.6) is 5.75 Å². The van der Waals surface area contributed by atoms with Crippen molar-refractivity contribution >= 4 is 0 Å². The van der Waals surface area contributed by atoms with Crippen LogP contribution in [0, 0.1) is 5.92 Å². The summed E-state index contributed by atoms with van der Waals surface area (Å²) in [5, 5.41) is 13.3. The van der Waals surface area contributed by atoms with Crippen molar-refractivity contribution in [2.75, 3.05) is 0 Å². The third-order valence-electron chi connectivity index (χ3n) is 5.38. The van der Waals surface area contributed by atoms with Crippen LogP contribution in [0.2, 0.25) is 0 Å². The molecule has 0 spiro atoms. The van der Waals surface area contributed by atoms with Crippen LogP contribution >= 0.6 is 0 Å². The van der Waals surface area contributed by atoms with Gasteiger partial charge in [0.1, 0.15) is 17.2 Å². The van der Waals surface area contributed by atoms with Gasteiger partial charge in [0, 0.05) is 23.1 Å². The van der Waals surface area contributed by atoms with Crippen LogP contribution in [0.25, 0.3) is 11.3 Å². The van der Waals surface area contributed by atoms with Crippen molar-refractivity contribution in [3.05, 3.63) is 48.2 Å². The van der Waals surface area contributed by atoms with Crippen LogP contribution in [0.4, 0.5) is 13.2 Å². The van der Waals surface area contributed by atoms with Crippen molar-refractivity contribution in [3.8, 4) is 17.0 Å². The Bertz CT molecular complexity index is 846. The smallest absolute Gasteiger partial charge is 0.405 e. The molecule has 2 atom stereocenters. The standard InChI is InChI=1S/C14H12F3NO3.C8H15N/c15-14(16,17)20-11-4-2-1-3-9(11)12-10(7-19)13(21-18-12)8-5-6-8;1-2-7-4-3-5-8(9)6-7/h1-4,8,19H,5-7H2;2,7-8H,1,3-6,9H2/t;7?,8-/m.1/s1. The monoisotopic (exact) mass is 424 g/mol. The molecule has 30 heavy (non-hydrogen) atoms. The Labute approximate surface area is 173 Å². The number of aromatic nitrogens is 1. The molecule has 1 unspecified atom stereocenters. The number of allylic oxidation sites excluding steroid dienone is 1. The molecule has 164 valence electrons. The van der Waals surface area contributed by atoms with Gasteiger partial charge in [0.2, 0.25) is 0 Å². The van der Waals surface area contributed by atoms with E-state index in [2.05, 4.69) is 16.5 Å². The van der Waals surface area contributed by atoms with E-state index in [4.69, 9.17) is 10.3 Å². The first-order chi connectivity index (χ1) is 14.3. The number of halogens is 3. The second-order valence-electron chi connectivity index (χ2n) is 7.77. The molecule has 2 aromatic rings. The summed E-state index contributed by atoms with van der Waals surface area (Å²) in [7, 11) is 0. The Kier molecular flexibility index (Phi) is 7.20. The second-order valence-corrected chi connectivity index (χ2v) is 7.77. The maximum Gasteiger partial charge on any atom is 0.573 e. The van der Waals surface area contributed by atoms with Crippen LogP contribution in [-0.2, 0) is 6.61 Å². The van der Waals surface area contributed by atoms with Crippen molar-refractivity contribution in [2.45, 2.75) is 63.5 Å². The number of ether oxygens (including phenoxy) is 1. The highest BCUT2D eigenvalue weighted by Gasteiger charge is 2.35. The van der Waals surface area contributed by atoms with Gasteiger partial charge < -0.3 is 20.1 Å². The predicted molar refractivity (Wildman–Crippen MR) is 107 cm³/mol. The van der Waals surface area contributed by atoms with E-state index in [0.29, 0.717) is 23.3 Å². The van der Waals surface area contributed by atoms with Crippen LogP contribution in [0.1, 0.15) is 55.8 Å². The minimum atomic E-state index is -4.79. The molecular formula is C22H27F3N2O3. The zero-order chi connectivity index (χ0) is 21.7. The van der Waals surface area contributed by atoms with E-state index in [1.54, 1.807) is 6.07 Å². The molecule has 0 bridgehead atoms. The molecule has 1 heterocycles. The van der Waals surface area contributed by atoms with E-state index in [0.717, 1.165) is 19.3 Å². The minimum Gasteiger partial charge on any atom is -0.405 e. The molecule has 0 aliphatic heterocycles. The summed E-state index contributed by atoms with van der Waals surface area (Å²) in [6.07, 6.45) is 4.07. The van der Waals surface area contributed by atoms with Gasteiger partial charge >= 0.3 is 6.36 Å². The molecule has 0 radical (unpaired) electrons. The third kappa shape index (κ3) is 5.86. The molecule has 3 N–H and O–H groups in total. The molecular weight excluding hydrogens is 397 g/mol. The lowest BCUT2D eigenvalue weighted by Crippen LogP contribution is -2.26. The fourth-order valence-electron chi connectivity index (χ4n) is 3.71. The summed E-state index contributed by atoms with van der Waals surface area (Å²) < 4.78 is 46.6. The average molecular weight is 424 g/mol. The first kappa shape index (κ1) is 22.4. The maximum atomic E-state index is 12.4. The summed E-state index contributed by atoms with van der Waals surface area (Å²) in [6, 6.07) is 6.11. The largest absolute Gasteiger partial charge is 0.573 e. The first-order valence-electron chi connectivity index (χ1n) is 10.1. The van der Waals surface area contributed by atoms with Gasteiger partial charge in [-0.1, -0.05) is 29.8 Å². The topological polar surface area (TPSA) is 81.5 Å². The van der Waals surface area contributed by atoms with Crippen molar-refractivity contribution in [3.63, 3.8) is 0 Å². The number of nitrogens with two attached hydrogens (primary N) is 1. The summed E-state index contributed by atoms with van der Waals surface area (Å²) in [4.78, 5) is 0. The lowest BCUT2D eigenvalue weighted by Gasteiger charge is -2.23. The van der Waals surface area contributed by atoms with Crippen molar-refractivity contribution in [2.24, 2.45) is 11.7 Å². The highest BCUT2D eigenvalue weighted by Crippen LogP contribution is 2.45. The predicted octanol–water partition coefficient (Wildman–Crippen LogP) is 5.30. The van der Waals surface area contributed by atoms with Gasteiger partial charge in [-0.15, -0.1) is 19.8 Å². The first-order valence-corrected chi connectivity index (χ1v) is 10.1. The van der Waals surface area contributed by atoms with E-state index in [9.17, 15) is 18.3 Å². The van der Waals surface area contributed by atoms with E-state index in [-0.39, 0.29) is 29.5 Å². The Morgan fingerprint density at radius 1 is 1.23 bits per heavy atom. The number of aliphatic hydroxyl groups excluding tert-OH is 1. The molecule has 0 saturated heterocycles. The lowest BCUT2D eigenvalue weighted by atomic mass is 9.86. The molecule has 1 aromatic heterocycles. The quantitative estimate of drug-likeness (QED) is 0.637. The summed E-state index contributed by atoms with van der Waals surface area (Å²) in [5.41, 5.74) is 6.52. The van der Waals surface area contributed by atoms with E-state index >= 15 is 0 Å². The van der Waals surface area contributed by atoms with E-state index < -0.39 is 6.36 Å². The zero-order valence-electron chi connectivity index (χ0n) is 16.7. The molecule has 2 saturated carbocycles. The Morgan fingerprint density at radius 2 is 1.97 bits per heavy atom. The molecule has 4 rings (SSSR count). The zero-order valence-corrected chi connectivity index (χ0v) is 16.7. The van der Waals surface area contributed by atoms with E-state index in [1.807, 2.05) is 6.08 Å². The molecule has 2 aliphatic rings. The molecule has 2 fully saturated rings. The summed E-state index contributed by atoms with van der Waals surface area (Å²) in [5.74, 6) is 1.09. The number of hydrogen-bond acceptors (Lipinski definition) is 5. The number of rotatable bonds is 5. The molecule has 5 nitrogen and oxygen atoms in total. The van der Waals surface area contributed by atoms with Gasteiger partial charge in [-0.3, -0.25) is 0 Å². The van der Waals surface area contributed by atoms with Crippen LogP contribution in [0.15, 0.2) is 41.4 Å². The molecule has 0 amide bonds.